The van der Waals surface area contributed by atoms with Crippen molar-refractivity contribution in [3.05, 3.63) is 29.8 Å². The van der Waals surface area contributed by atoms with Crippen LogP contribution in [0.1, 0.15) is 18.9 Å². The Hall–Kier alpha value is -1.11. The fourth-order valence-corrected chi connectivity index (χ4v) is 3.38. The van der Waals surface area contributed by atoms with Crippen molar-refractivity contribution in [3.63, 3.8) is 0 Å². The number of esters is 1. The second-order valence-electron chi connectivity index (χ2n) is 4.04. The first-order valence-corrected chi connectivity index (χ1v) is 7.65. The zero-order chi connectivity index (χ0) is 14.5. The minimum atomic E-state index is -3.70. The fraction of sp³-hybridized carbons (Fsp3) is 0.417. The summed E-state index contributed by atoms with van der Waals surface area (Å²) in [6, 6.07) is 5.91. The molecule has 0 spiro atoms. The molecule has 0 aliphatic heterocycles. The molecule has 5 nitrogen and oxygen atoms in total. The van der Waals surface area contributed by atoms with Crippen molar-refractivity contribution < 1.29 is 17.9 Å². The molecule has 106 valence electrons. The number of hydrogen-bond acceptors (Lipinski definition) is 4. The van der Waals surface area contributed by atoms with Crippen molar-refractivity contribution in [2.75, 3.05) is 7.11 Å². The van der Waals surface area contributed by atoms with E-state index >= 15 is 0 Å². The van der Waals surface area contributed by atoms with E-state index in [0.29, 0.717) is 5.56 Å². The normalized spacial score (nSPS) is 13.0. The molecule has 0 aromatic heterocycles. The van der Waals surface area contributed by atoms with E-state index in [4.69, 9.17) is 11.6 Å². The number of sulfonamides is 1. The number of carbonyl (C=O) groups excluding carboxylic acids is 1. The Morgan fingerprint density at radius 1 is 1.42 bits per heavy atom. The van der Waals surface area contributed by atoms with Gasteiger partial charge in [-0.15, -0.1) is 11.6 Å². The van der Waals surface area contributed by atoms with Crippen molar-refractivity contribution >= 4 is 27.6 Å². The molecule has 1 N–H and O–H groups in total. The maximum atomic E-state index is 12.2. The van der Waals surface area contributed by atoms with E-state index in [1.807, 2.05) is 0 Å². The summed E-state index contributed by atoms with van der Waals surface area (Å²) in [5.74, 6) is -0.372. The number of rotatable bonds is 6. The highest BCUT2D eigenvalue weighted by Gasteiger charge is 2.21. The first-order chi connectivity index (χ1) is 8.90. The van der Waals surface area contributed by atoms with Crippen molar-refractivity contribution in [2.45, 2.75) is 30.2 Å². The van der Waals surface area contributed by atoms with Crippen LogP contribution in [-0.4, -0.2) is 27.5 Å². The molecular formula is C12H16ClNO4S. The van der Waals surface area contributed by atoms with E-state index in [9.17, 15) is 13.2 Å². The molecule has 1 aromatic rings. The van der Waals surface area contributed by atoms with Gasteiger partial charge in [0.15, 0.2) is 0 Å². The Bertz CT molecular complexity index is 544. The minimum Gasteiger partial charge on any atom is -0.469 e. The molecule has 1 aromatic carbocycles. The third kappa shape index (κ3) is 4.49. The molecule has 0 amide bonds. The second-order valence-corrected chi connectivity index (χ2v) is 5.99. The molecule has 0 aliphatic carbocycles. The van der Waals surface area contributed by atoms with Gasteiger partial charge in [0.2, 0.25) is 10.0 Å². The largest absolute Gasteiger partial charge is 0.469 e. The molecule has 0 fully saturated rings. The average Bonchev–Trinajstić information content (AvgIpc) is 2.37. The number of alkyl halides is 1. The summed E-state index contributed by atoms with van der Waals surface area (Å²) in [4.78, 5) is 11.2. The second kappa shape index (κ2) is 6.88. The van der Waals surface area contributed by atoms with Gasteiger partial charge in [0, 0.05) is 11.9 Å². The zero-order valence-electron chi connectivity index (χ0n) is 10.7. The number of nitrogens with one attached hydrogen (secondary N) is 1. The number of carbonyl (C=O) groups is 1. The van der Waals surface area contributed by atoms with Crippen molar-refractivity contribution in [3.8, 4) is 0 Å². The third-order valence-electron chi connectivity index (χ3n) is 2.46. The maximum absolute atomic E-state index is 12.2. The molecule has 1 unspecified atom stereocenters. The van der Waals surface area contributed by atoms with Crippen LogP contribution in [0.25, 0.3) is 0 Å². The maximum Gasteiger partial charge on any atom is 0.307 e. The molecule has 0 saturated carbocycles. The van der Waals surface area contributed by atoms with Crippen LogP contribution in [0, 0.1) is 0 Å². The van der Waals surface area contributed by atoms with Gasteiger partial charge in [-0.1, -0.05) is 18.2 Å². The summed E-state index contributed by atoms with van der Waals surface area (Å²) in [6.45, 7) is 1.60. The smallest absolute Gasteiger partial charge is 0.307 e. The molecule has 0 aliphatic rings. The summed E-state index contributed by atoms with van der Waals surface area (Å²) in [5.41, 5.74) is 0.516. The lowest BCUT2D eigenvalue weighted by atomic mass is 10.2. The molecule has 0 saturated heterocycles. The van der Waals surface area contributed by atoms with Crippen LogP contribution < -0.4 is 4.72 Å². The van der Waals surface area contributed by atoms with E-state index in [-0.39, 0.29) is 17.2 Å². The quantitative estimate of drug-likeness (QED) is 0.641. The molecule has 0 radical (unpaired) electrons. The van der Waals surface area contributed by atoms with Gasteiger partial charge in [0.05, 0.1) is 18.4 Å². The molecule has 1 atom stereocenters. The van der Waals surface area contributed by atoms with Gasteiger partial charge in [0.25, 0.3) is 0 Å². The van der Waals surface area contributed by atoms with Gasteiger partial charge in [-0.25, -0.2) is 13.1 Å². The van der Waals surface area contributed by atoms with Crippen LogP contribution in [0.5, 0.6) is 0 Å². The Balaban J connectivity index is 2.89. The van der Waals surface area contributed by atoms with Gasteiger partial charge >= 0.3 is 5.97 Å². The zero-order valence-corrected chi connectivity index (χ0v) is 12.3. The highest BCUT2D eigenvalue weighted by atomic mass is 35.5. The lowest BCUT2D eigenvalue weighted by Crippen LogP contribution is -2.34. The Kier molecular flexibility index (Phi) is 5.78. The molecule has 19 heavy (non-hydrogen) atoms. The van der Waals surface area contributed by atoms with Crippen LogP contribution in [0.15, 0.2) is 29.2 Å². The molecule has 0 heterocycles. The molecule has 0 bridgehead atoms. The SMILES string of the molecule is COC(=O)CC(C)NS(=O)(=O)c1ccccc1CCl. The number of hydrogen-bond donors (Lipinski definition) is 1. The van der Waals surface area contributed by atoms with Crippen molar-refractivity contribution in [1.82, 2.24) is 4.72 Å². The molecule has 1 rings (SSSR count). The van der Waals surface area contributed by atoms with Crippen LogP contribution in [0.3, 0.4) is 0 Å². The number of ether oxygens (including phenoxy) is 1. The fourth-order valence-electron chi connectivity index (χ4n) is 1.58. The van der Waals surface area contributed by atoms with Gasteiger partial charge in [-0.3, -0.25) is 4.79 Å². The number of methoxy groups -OCH3 is 1. The highest BCUT2D eigenvalue weighted by Crippen LogP contribution is 2.17. The molecular weight excluding hydrogens is 290 g/mol. The van der Waals surface area contributed by atoms with Gasteiger partial charge < -0.3 is 4.74 Å². The van der Waals surface area contributed by atoms with E-state index in [1.54, 1.807) is 25.1 Å². The van der Waals surface area contributed by atoms with Crippen LogP contribution in [-0.2, 0) is 25.4 Å². The predicted molar refractivity (Wildman–Crippen MR) is 72.4 cm³/mol. The standard InChI is InChI=1S/C12H16ClNO4S/c1-9(7-12(15)18-2)14-19(16,17)11-6-4-3-5-10(11)8-13/h3-6,9,14H,7-8H2,1-2H3. The Morgan fingerprint density at radius 2 is 2.05 bits per heavy atom. The van der Waals surface area contributed by atoms with E-state index in [2.05, 4.69) is 9.46 Å². The predicted octanol–water partition coefficient (Wildman–Crippen LogP) is 1.66. The lowest BCUT2D eigenvalue weighted by Gasteiger charge is -2.14. The average molecular weight is 306 g/mol. The first-order valence-electron chi connectivity index (χ1n) is 5.63. The first kappa shape index (κ1) is 15.9. The van der Waals surface area contributed by atoms with Gasteiger partial charge in [0.1, 0.15) is 0 Å². The summed E-state index contributed by atoms with van der Waals surface area (Å²) >= 11 is 5.72. The third-order valence-corrected chi connectivity index (χ3v) is 4.44. The minimum absolute atomic E-state index is 0.0290. The Morgan fingerprint density at radius 3 is 2.63 bits per heavy atom. The summed E-state index contributed by atoms with van der Waals surface area (Å²) in [6.07, 6.45) is -0.0290. The number of halogens is 1. The summed E-state index contributed by atoms with van der Waals surface area (Å²) in [7, 11) is -2.44. The summed E-state index contributed by atoms with van der Waals surface area (Å²) in [5, 5.41) is 0. The highest BCUT2D eigenvalue weighted by molar-refractivity contribution is 7.89. The van der Waals surface area contributed by atoms with Crippen LogP contribution >= 0.6 is 11.6 Å². The van der Waals surface area contributed by atoms with Crippen LogP contribution in [0.2, 0.25) is 0 Å². The summed E-state index contributed by atoms with van der Waals surface area (Å²) < 4.78 is 31.3. The number of benzene rings is 1. The monoisotopic (exact) mass is 305 g/mol. The van der Waals surface area contributed by atoms with Gasteiger partial charge in [-0.05, 0) is 18.6 Å². The van der Waals surface area contributed by atoms with E-state index < -0.39 is 22.0 Å². The van der Waals surface area contributed by atoms with Gasteiger partial charge in [-0.2, -0.15) is 0 Å². The lowest BCUT2D eigenvalue weighted by molar-refractivity contribution is -0.140. The van der Waals surface area contributed by atoms with E-state index in [1.165, 1.54) is 13.2 Å². The molecule has 7 heteroatoms. The topological polar surface area (TPSA) is 72.5 Å². The van der Waals surface area contributed by atoms with Crippen molar-refractivity contribution in [1.29, 1.82) is 0 Å². The Labute approximate surface area is 118 Å². The van der Waals surface area contributed by atoms with Crippen molar-refractivity contribution in [2.24, 2.45) is 0 Å². The van der Waals surface area contributed by atoms with E-state index in [0.717, 1.165) is 0 Å². The van der Waals surface area contributed by atoms with Crippen LogP contribution in [0.4, 0.5) is 0 Å².